The van der Waals surface area contributed by atoms with Crippen LogP contribution in [0.15, 0.2) is 60.7 Å². The first kappa shape index (κ1) is 20.3. The number of carbonyl (C=O) groups excluding carboxylic acids is 2. The molecule has 2 bridgehead atoms. The summed E-state index contributed by atoms with van der Waals surface area (Å²) >= 11 is 0. The predicted molar refractivity (Wildman–Crippen MR) is 121 cm³/mol. The molecule has 5 atom stereocenters. The normalized spacial score (nSPS) is 29.4. The number of carbonyl (C=O) groups is 2. The van der Waals surface area contributed by atoms with Crippen LogP contribution >= 0.6 is 0 Å². The maximum absolute atomic E-state index is 13.5. The summed E-state index contributed by atoms with van der Waals surface area (Å²) < 4.78 is 17.1. The lowest BCUT2D eigenvalue weighted by Gasteiger charge is -2.25. The minimum absolute atomic E-state index is 0.00164. The number of nitrogens with one attached hydrogen (secondary N) is 1. The lowest BCUT2D eigenvalue weighted by atomic mass is 9.76. The summed E-state index contributed by atoms with van der Waals surface area (Å²) in [4.78, 5) is 28.6. The van der Waals surface area contributed by atoms with Crippen molar-refractivity contribution in [3.63, 3.8) is 0 Å². The Balaban J connectivity index is 1.17. The van der Waals surface area contributed by atoms with Gasteiger partial charge in [-0.15, -0.1) is 0 Å². The maximum Gasteiger partial charge on any atom is 0.234 e. The first-order chi connectivity index (χ1) is 16.0. The fourth-order valence-corrected chi connectivity index (χ4v) is 5.51. The smallest absolute Gasteiger partial charge is 0.234 e. The quantitative estimate of drug-likeness (QED) is 0.691. The van der Waals surface area contributed by atoms with Crippen LogP contribution in [-0.4, -0.2) is 42.9 Å². The third-order valence-electron chi connectivity index (χ3n) is 7.17. The van der Waals surface area contributed by atoms with E-state index in [1.165, 1.54) is 5.56 Å². The molecule has 7 heteroatoms. The van der Waals surface area contributed by atoms with Gasteiger partial charge in [0.25, 0.3) is 0 Å². The van der Waals surface area contributed by atoms with Gasteiger partial charge in [-0.2, -0.15) is 0 Å². The molecule has 2 aromatic carbocycles. The van der Waals surface area contributed by atoms with E-state index in [0.29, 0.717) is 18.0 Å². The summed E-state index contributed by atoms with van der Waals surface area (Å²) in [6.45, 7) is 2.57. The molecule has 0 unspecified atom stereocenters. The van der Waals surface area contributed by atoms with Gasteiger partial charge in [0.1, 0.15) is 5.60 Å². The van der Waals surface area contributed by atoms with Crippen LogP contribution in [0.2, 0.25) is 0 Å². The lowest BCUT2D eigenvalue weighted by molar-refractivity contribution is -0.132. The Labute approximate surface area is 192 Å². The summed E-state index contributed by atoms with van der Waals surface area (Å²) in [5, 5.41) is 3.14. The van der Waals surface area contributed by atoms with Crippen LogP contribution in [0.5, 0.6) is 11.5 Å². The number of hydrogen-bond acceptors (Lipinski definition) is 5. The summed E-state index contributed by atoms with van der Waals surface area (Å²) in [6.07, 6.45) is 5.26. The average molecular weight is 447 g/mol. The molecule has 0 aliphatic carbocycles. The molecule has 2 saturated heterocycles. The van der Waals surface area contributed by atoms with Gasteiger partial charge in [-0.1, -0.05) is 42.5 Å². The molecular formula is C26H26N2O5. The maximum atomic E-state index is 13.5. The van der Waals surface area contributed by atoms with Crippen molar-refractivity contribution in [1.82, 2.24) is 5.32 Å². The van der Waals surface area contributed by atoms with Crippen molar-refractivity contribution < 1.29 is 23.8 Å². The molecule has 170 valence electrons. The van der Waals surface area contributed by atoms with Crippen LogP contribution in [-0.2, 0) is 20.7 Å². The molecular weight excluding hydrogens is 420 g/mol. The zero-order valence-corrected chi connectivity index (χ0v) is 18.4. The topological polar surface area (TPSA) is 77.1 Å². The van der Waals surface area contributed by atoms with Gasteiger partial charge in [0.15, 0.2) is 11.5 Å². The van der Waals surface area contributed by atoms with Gasteiger partial charge in [0, 0.05) is 17.8 Å². The van der Waals surface area contributed by atoms with E-state index in [4.69, 9.17) is 14.2 Å². The monoisotopic (exact) mass is 446 g/mol. The van der Waals surface area contributed by atoms with Crippen molar-refractivity contribution >= 4 is 17.5 Å². The molecule has 6 rings (SSSR count). The van der Waals surface area contributed by atoms with Crippen molar-refractivity contribution in [3.8, 4) is 11.5 Å². The Hall–Kier alpha value is -3.32. The van der Waals surface area contributed by atoms with Crippen molar-refractivity contribution in [3.05, 3.63) is 66.2 Å². The average Bonchev–Trinajstić information content (AvgIpc) is 3.58. The molecule has 7 nitrogen and oxygen atoms in total. The number of anilines is 1. The highest BCUT2D eigenvalue weighted by Crippen LogP contribution is 2.53. The Bertz CT molecular complexity index is 1130. The summed E-state index contributed by atoms with van der Waals surface area (Å²) in [6, 6.07) is 15.7. The van der Waals surface area contributed by atoms with Gasteiger partial charge < -0.3 is 24.4 Å². The number of ether oxygens (including phenoxy) is 3. The van der Waals surface area contributed by atoms with E-state index in [1.807, 2.05) is 55.5 Å². The van der Waals surface area contributed by atoms with Gasteiger partial charge >= 0.3 is 0 Å². The van der Waals surface area contributed by atoms with E-state index in [2.05, 4.69) is 17.4 Å². The van der Waals surface area contributed by atoms with Gasteiger partial charge in [-0.3, -0.25) is 9.59 Å². The molecule has 0 radical (unpaired) electrons. The summed E-state index contributed by atoms with van der Waals surface area (Å²) in [5.41, 5.74) is 1.21. The summed E-state index contributed by atoms with van der Waals surface area (Å²) in [5.74, 6) is 0.0372. The number of hydrogen-bond donors (Lipinski definition) is 1. The number of fused-ring (bicyclic) bond motifs is 2. The second-order valence-electron chi connectivity index (χ2n) is 9.30. The van der Waals surface area contributed by atoms with Gasteiger partial charge in [-0.05, 0) is 37.5 Å². The molecule has 33 heavy (non-hydrogen) atoms. The molecule has 0 saturated carbocycles. The van der Waals surface area contributed by atoms with E-state index in [-0.39, 0.29) is 30.8 Å². The molecule has 0 aromatic heterocycles. The van der Waals surface area contributed by atoms with Crippen molar-refractivity contribution in [2.75, 3.05) is 18.2 Å². The SMILES string of the molecule is C[C@H](CCc1ccccc1)NC(=O)[C@@H]1[C@H]2C(=O)N(c3ccc4c(c3)OCO4)C[C@]23C=C[C@H]1O3. The fraction of sp³-hybridized carbons (Fsp3) is 0.385. The molecule has 1 spiro atoms. The zero-order valence-electron chi connectivity index (χ0n) is 18.4. The first-order valence-corrected chi connectivity index (χ1v) is 11.5. The van der Waals surface area contributed by atoms with E-state index in [9.17, 15) is 9.59 Å². The van der Waals surface area contributed by atoms with Crippen molar-refractivity contribution in [2.45, 2.75) is 37.5 Å². The second kappa shape index (κ2) is 7.63. The Morgan fingerprint density at radius 3 is 2.85 bits per heavy atom. The van der Waals surface area contributed by atoms with E-state index in [1.54, 1.807) is 4.90 Å². The Kier molecular flexibility index (Phi) is 4.69. The van der Waals surface area contributed by atoms with Gasteiger partial charge in [0.05, 0.1) is 24.5 Å². The lowest BCUT2D eigenvalue weighted by Crippen LogP contribution is -2.46. The number of rotatable bonds is 6. The third-order valence-corrected chi connectivity index (χ3v) is 7.17. The zero-order chi connectivity index (χ0) is 22.6. The van der Waals surface area contributed by atoms with E-state index >= 15 is 0 Å². The molecule has 2 fully saturated rings. The minimum atomic E-state index is -0.757. The minimum Gasteiger partial charge on any atom is -0.454 e. The number of benzene rings is 2. The Morgan fingerprint density at radius 2 is 2.00 bits per heavy atom. The largest absolute Gasteiger partial charge is 0.454 e. The number of aryl methyl sites for hydroxylation is 1. The highest BCUT2D eigenvalue weighted by molar-refractivity contribution is 6.03. The highest BCUT2D eigenvalue weighted by atomic mass is 16.7. The third kappa shape index (κ3) is 3.30. The van der Waals surface area contributed by atoms with Crippen LogP contribution in [0.25, 0.3) is 0 Å². The predicted octanol–water partition coefficient (Wildman–Crippen LogP) is 2.84. The van der Waals surface area contributed by atoms with Crippen molar-refractivity contribution in [2.24, 2.45) is 11.8 Å². The summed E-state index contributed by atoms with van der Waals surface area (Å²) in [7, 11) is 0. The Morgan fingerprint density at radius 1 is 1.18 bits per heavy atom. The first-order valence-electron chi connectivity index (χ1n) is 11.5. The van der Waals surface area contributed by atoms with Gasteiger partial charge in [-0.25, -0.2) is 0 Å². The molecule has 1 N–H and O–H groups in total. The molecule has 4 aliphatic heterocycles. The standard InChI is InChI=1S/C26H26N2O5/c1-16(7-8-17-5-3-2-4-6-17)27-24(29)22-20-11-12-26(33-20)14-28(25(30)23(22)26)18-9-10-19-21(13-18)32-15-31-19/h2-6,9-13,16,20,22-23H,7-8,14-15H2,1H3,(H,27,29)/t16-,20-,22+,23+,26-/m1/s1. The van der Waals surface area contributed by atoms with Crippen molar-refractivity contribution in [1.29, 1.82) is 0 Å². The van der Waals surface area contributed by atoms with Crippen LogP contribution in [0, 0.1) is 11.8 Å². The van der Waals surface area contributed by atoms with E-state index in [0.717, 1.165) is 18.5 Å². The second-order valence-corrected chi connectivity index (χ2v) is 9.30. The van der Waals surface area contributed by atoms with Crippen LogP contribution in [0.3, 0.4) is 0 Å². The van der Waals surface area contributed by atoms with Crippen LogP contribution < -0.4 is 19.7 Å². The molecule has 2 amide bonds. The molecule has 2 aromatic rings. The number of amides is 2. The molecule has 4 aliphatic rings. The number of nitrogens with zero attached hydrogens (tertiary/aromatic N) is 1. The van der Waals surface area contributed by atoms with Crippen LogP contribution in [0.1, 0.15) is 18.9 Å². The van der Waals surface area contributed by atoms with Crippen LogP contribution in [0.4, 0.5) is 5.69 Å². The highest BCUT2D eigenvalue weighted by Gasteiger charge is 2.67. The van der Waals surface area contributed by atoms with Gasteiger partial charge in [0.2, 0.25) is 18.6 Å². The van der Waals surface area contributed by atoms with E-state index < -0.39 is 17.4 Å². The molecule has 4 heterocycles. The fourth-order valence-electron chi connectivity index (χ4n) is 5.51.